The number of piperidine rings is 1. The van der Waals surface area contributed by atoms with E-state index in [2.05, 4.69) is 15.9 Å². The van der Waals surface area contributed by atoms with Crippen molar-refractivity contribution < 1.29 is 19.8 Å². The quantitative estimate of drug-likeness (QED) is 0.465. The van der Waals surface area contributed by atoms with Crippen molar-refractivity contribution in [1.29, 1.82) is 0 Å². The number of hydrogen-bond donors (Lipinski definition) is 2. The smallest absolute Gasteiger partial charge is 0.303 e. The zero-order valence-corrected chi connectivity index (χ0v) is 21.6. The van der Waals surface area contributed by atoms with Gasteiger partial charge in [0.25, 0.3) is 0 Å². The maximum atomic E-state index is 13.4. The Labute approximate surface area is 210 Å². The molecule has 3 aliphatic rings. The summed E-state index contributed by atoms with van der Waals surface area (Å²) in [7, 11) is 0. The molecule has 3 atom stereocenters. The fourth-order valence-corrected chi connectivity index (χ4v) is 6.92. The van der Waals surface area contributed by atoms with Gasteiger partial charge in [0.2, 0.25) is 5.91 Å². The van der Waals surface area contributed by atoms with Gasteiger partial charge in [-0.15, -0.1) is 0 Å². The second-order valence-corrected chi connectivity index (χ2v) is 12.1. The summed E-state index contributed by atoms with van der Waals surface area (Å²) in [6.07, 6.45) is 11.2. The monoisotopic (exact) mass is 484 g/mol. The topological polar surface area (TPSA) is 81.1 Å². The highest BCUT2D eigenvalue weighted by molar-refractivity contribution is 5.78. The Bertz CT molecular complexity index is 865. The van der Waals surface area contributed by atoms with Crippen LogP contribution in [0, 0.1) is 11.3 Å². The Morgan fingerprint density at radius 2 is 1.71 bits per heavy atom. The second-order valence-electron chi connectivity index (χ2n) is 12.1. The molecule has 1 unspecified atom stereocenters. The normalized spacial score (nSPS) is 25.5. The summed E-state index contributed by atoms with van der Waals surface area (Å²) in [6, 6.07) is 8.82. The summed E-state index contributed by atoms with van der Waals surface area (Å²) in [5.41, 5.74) is 0.711. The van der Waals surface area contributed by atoms with Crippen LogP contribution in [0.2, 0.25) is 0 Å². The largest absolute Gasteiger partial charge is 0.508 e. The molecule has 3 fully saturated rings. The number of carboxylic acid groups (broad SMARTS) is 1. The highest BCUT2D eigenvalue weighted by Crippen LogP contribution is 2.43. The Kier molecular flexibility index (Phi) is 8.41. The SMILES string of the molecule is CC(C)(CC(=O)O)CC(=O)N(CCN1[C@@H]2CC[C@H]1CC(c1cccc(O)c1)C2)CC1CCCCC1. The number of nitrogens with zero attached hydrogens (tertiary/aromatic N) is 2. The van der Waals surface area contributed by atoms with Crippen molar-refractivity contribution in [3.63, 3.8) is 0 Å². The average Bonchev–Trinajstić information content (AvgIpc) is 3.02. The van der Waals surface area contributed by atoms with Gasteiger partial charge in [0.15, 0.2) is 0 Å². The van der Waals surface area contributed by atoms with Crippen LogP contribution in [-0.2, 0) is 9.59 Å². The van der Waals surface area contributed by atoms with E-state index in [1.165, 1.54) is 50.5 Å². The summed E-state index contributed by atoms with van der Waals surface area (Å²) < 4.78 is 0. The highest BCUT2D eigenvalue weighted by atomic mass is 16.4. The summed E-state index contributed by atoms with van der Waals surface area (Å²) in [6.45, 7) is 6.24. The molecule has 2 N–H and O–H groups in total. The lowest BCUT2D eigenvalue weighted by molar-refractivity contribution is -0.141. The van der Waals surface area contributed by atoms with Gasteiger partial charge in [-0.05, 0) is 73.5 Å². The van der Waals surface area contributed by atoms with Gasteiger partial charge in [0.1, 0.15) is 5.75 Å². The molecular weight excluding hydrogens is 440 g/mol. The van der Waals surface area contributed by atoms with Crippen molar-refractivity contribution in [2.75, 3.05) is 19.6 Å². The van der Waals surface area contributed by atoms with E-state index in [4.69, 9.17) is 0 Å². The number of benzene rings is 1. The van der Waals surface area contributed by atoms with Crippen LogP contribution < -0.4 is 0 Å². The molecule has 4 rings (SSSR count). The van der Waals surface area contributed by atoms with Crippen molar-refractivity contribution in [1.82, 2.24) is 9.80 Å². The summed E-state index contributed by atoms with van der Waals surface area (Å²) in [5.74, 6) is 0.688. The van der Waals surface area contributed by atoms with E-state index in [1.807, 2.05) is 26.0 Å². The first kappa shape index (κ1) is 26.0. The maximum absolute atomic E-state index is 13.4. The van der Waals surface area contributed by atoms with E-state index in [1.54, 1.807) is 6.07 Å². The number of aromatic hydroxyl groups is 1. The second kappa shape index (κ2) is 11.3. The molecule has 1 saturated carbocycles. The molecule has 1 aliphatic carbocycles. The number of carbonyl (C=O) groups is 2. The minimum atomic E-state index is -0.840. The lowest BCUT2D eigenvalue weighted by atomic mass is 9.84. The highest BCUT2D eigenvalue weighted by Gasteiger charge is 2.41. The average molecular weight is 485 g/mol. The third-order valence-corrected chi connectivity index (χ3v) is 8.67. The van der Waals surface area contributed by atoms with Crippen molar-refractivity contribution in [2.45, 2.75) is 102 Å². The minimum absolute atomic E-state index is 0.0166. The zero-order valence-electron chi connectivity index (χ0n) is 21.6. The van der Waals surface area contributed by atoms with Crippen LogP contribution in [0.5, 0.6) is 5.75 Å². The van der Waals surface area contributed by atoms with Crippen LogP contribution in [0.3, 0.4) is 0 Å². The number of aliphatic carboxylic acids is 1. The fraction of sp³-hybridized carbons (Fsp3) is 0.724. The Hall–Kier alpha value is -2.08. The molecule has 2 saturated heterocycles. The molecule has 0 aromatic heterocycles. The van der Waals surface area contributed by atoms with Gasteiger partial charge in [-0.3, -0.25) is 14.5 Å². The maximum Gasteiger partial charge on any atom is 0.303 e. The standard InChI is InChI=1S/C29H44N2O4/c1-29(2,19-28(34)35)18-27(33)30(20-21-7-4-3-5-8-21)13-14-31-24-11-12-25(31)16-23(15-24)22-9-6-10-26(32)17-22/h6,9-10,17,21,23-25,32H,3-5,7-8,11-16,18-20H2,1-2H3,(H,34,35)/t23?,24-,25+. The van der Waals surface area contributed by atoms with E-state index in [-0.39, 0.29) is 12.3 Å². The van der Waals surface area contributed by atoms with Gasteiger partial charge in [0, 0.05) is 38.1 Å². The molecule has 35 heavy (non-hydrogen) atoms. The molecular formula is C29H44N2O4. The van der Waals surface area contributed by atoms with E-state index < -0.39 is 11.4 Å². The molecule has 1 amide bonds. The Morgan fingerprint density at radius 1 is 1.03 bits per heavy atom. The van der Waals surface area contributed by atoms with Gasteiger partial charge >= 0.3 is 5.97 Å². The predicted molar refractivity (Wildman–Crippen MR) is 137 cm³/mol. The first-order chi connectivity index (χ1) is 16.7. The fourth-order valence-electron chi connectivity index (χ4n) is 6.92. The van der Waals surface area contributed by atoms with Crippen LogP contribution in [0.1, 0.15) is 96.0 Å². The van der Waals surface area contributed by atoms with Crippen LogP contribution >= 0.6 is 0 Å². The van der Waals surface area contributed by atoms with E-state index >= 15 is 0 Å². The van der Waals surface area contributed by atoms with Crippen molar-refractivity contribution in [2.24, 2.45) is 11.3 Å². The van der Waals surface area contributed by atoms with Crippen LogP contribution in [0.4, 0.5) is 0 Å². The number of carboxylic acids is 1. The molecule has 6 nitrogen and oxygen atoms in total. The number of carbonyl (C=O) groups excluding carboxylic acids is 1. The van der Waals surface area contributed by atoms with Gasteiger partial charge in [-0.1, -0.05) is 45.2 Å². The lowest BCUT2D eigenvalue weighted by Gasteiger charge is -2.41. The molecule has 1 aromatic rings. The van der Waals surface area contributed by atoms with Gasteiger partial charge in [0.05, 0.1) is 6.42 Å². The molecule has 2 heterocycles. The van der Waals surface area contributed by atoms with Gasteiger partial charge in [-0.2, -0.15) is 0 Å². The number of amides is 1. The molecule has 194 valence electrons. The number of phenols is 1. The first-order valence-corrected chi connectivity index (χ1v) is 13.7. The molecule has 1 aromatic carbocycles. The number of phenolic OH excluding ortho intramolecular Hbond substituents is 1. The number of rotatable bonds is 10. The molecule has 0 spiro atoms. The van der Waals surface area contributed by atoms with E-state index in [0.29, 0.717) is 36.1 Å². The van der Waals surface area contributed by atoms with E-state index in [0.717, 1.165) is 32.5 Å². The van der Waals surface area contributed by atoms with Crippen molar-refractivity contribution >= 4 is 11.9 Å². The first-order valence-electron chi connectivity index (χ1n) is 13.7. The van der Waals surface area contributed by atoms with Gasteiger partial charge in [-0.25, -0.2) is 0 Å². The van der Waals surface area contributed by atoms with Crippen molar-refractivity contribution in [3.8, 4) is 5.75 Å². The summed E-state index contributed by atoms with van der Waals surface area (Å²) in [4.78, 5) is 29.4. The molecule has 6 heteroatoms. The summed E-state index contributed by atoms with van der Waals surface area (Å²) in [5, 5.41) is 19.2. The Balaban J connectivity index is 1.38. The van der Waals surface area contributed by atoms with Crippen LogP contribution in [0.15, 0.2) is 24.3 Å². The number of fused-ring (bicyclic) bond motifs is 2. The third kappa shape index (κ3) is 6.99. The molecule has 2 aliphatic heterocycles. The van der Waals surface area contributed by atoms with Crippen LogP contribution in [-0.4, -0.2) is 63.6 Å². The number of hydrogen-bond acceptors (Lipinski definition) is 4. The van der Waals surface area contributed by atoms with Crippen molar-refractivity contribution in [3.05, 3.63) is 29.8 Å². The molecule has 2 bridgehead atoms. The summed E-state index contributed by atoms with van der Waals surface area (Å²) >= 11 is 0. The minimum Gasteiger partial charge on any atom is -0.508 e. The Morgan fingerprint density at radius 3 is 2.34 bits per heavy atom. The third-order valence-electron chi connectivity index (χ3n) is 8.67. The van der Waals surface area contributed by atoms with E-state index in [9.17, 15) is 19.8 Å². The molecule has 0 radical (unpaired) electrons. The lowest BCUT2D eigenvalue weighted by Crippen LogP contribution is -2.48. The van der Waals surface area contributed by atoms with Crippen LogP contribution in [0.25, 0.3) is 0 Å². The van der Waals surface area contributed by atoms with Gasteiger partial charge < -0.3 is 15.1 Å². The zero-order chi connectivity index (χ0) is 25.0. The predicted octanol–water partition coefficient (Wildman–Crippen LogP) is 5.40.